The van der Waals surface area contributed by atoms with Gasteiger partial charge in [-0.1, -0.05) is 206 Å². The minimum Gasteiger partial charge on any atom is -0.308 e. The molecule has 0 fully saturated rings. The second-order valence-corrected chi connectivity index (χ2v) is 18.3. The fraction of sp³-hybridized carbons (Fsp3) is 0. The molecule has 0 atom stereocenters. The summed E-state index contributed by atoms with van der Waals surface area (Å²) in [6, 6.07) is 94.2. The van der Waals surface area contributed by atoms with Crippen LogP contribution < -0.4 is 0 Å². The molecule has 0 spiro atoms. The highest BCUT2D eigenvalue weighted by molar-refractivity contribution is 6.17. The van der Waals surface area contributed by atoms with E-state index in [9.17, 15) is 5.26 Å². The van der Waals surface area contributed by atoms with Crippen molar-refractivity contribution < 1.29 is 0 Å². The van der Waals surface area contributed by atoms with Gasteiger partial charge in [0.25, 0.3) is 0 Å². The monoisotopic (exact) mass is 902 g/mol. The summed E-state index contributed by atoms with van der Waals surface area (Å²) in [7, 11) is 0. The fourth-order valence-corrected chi connectivity index (χ4v) is 11.5. The summed E-state index contributed by atoms with van der Waals surface area (Å²) in [5.41, 5.74) is 17.9. The molecule has 0 aliphatic rings. The van der Waals surface area contributed by atoms with Gasteiger partial charge in [0.05, 0.1) is 50.2 Å². The lowest BCUT2D eigenvalue weighted by molar-refractivity contribution is 1.09. The van der Waals surface area contributed by atoms with Gasteiger partial charge in [0, 0.05) is 43.4 Å². The highest BCUT2D eigenvalue weighted by Crippen LogP contribution is 2.52. The molecule has 0 bridgehead atoms. The average molecular weight is 903 g/mol. The van der Waals surface area contributed by atoms with Gasteiger partial charge in [-0.2, -0.15) is 5.26 Å². The molecule has 71 heavy (non-hydrogen) atoms. The highest BCUT2D eigenvalue weighted by atomic mass is 15.1. The summed E-state index contributed by atoms with van der Waals surface area (Å²) >= 11 is 0. The Morgan fingerprint density at radius 1 is 0.239 bits per heavy atom. The third-order valence-electron chi connectivity index (χ3n) is 14.5. The Hall–Kier alpha value is -9.69. The Labute approximate surface area is 410 Å². The predicted molar refractivity (Wildman–Crippen MR) is 296 cm³/mol. The molecule has 3 heterocycles. The van der Waals surface area contributed by atoms with Crippen molar-refractivity contribution in [3.8, 4) is 67.6 Å². The minimum absolute atomic E-state index is 0.572. The summed E-state index contributed by atoms with van der Waals surface area (Å²) < 4.78 is 7.25. The van der Waals surface area contributed by atoms with Gasteiger partial charge in [0.2, 0.25) is 0 Å². The molecule has 0 unspecified atom stereocenters. The molecule has 0 N–H and O–H groups in total. The number of nitrogens with zero attached hydrogens (tertiary/aromatic N) is 4. The molecule has 0 aliphatic heterocycles. The summed E-state index contributed by atoms with van der Waals surface area (Å²) in [6.07, 6.45) is 0. The van der Waals surface area contributed by atoms with Gasteiger partial charge < -0.3 is 13.7 Å². The van der Waals surface area contributed by atoms with E-state index in [0.717, 1.165) is 127 Å². The van der Waals surface area contributed by atoms with Gasteiger partial charge in [0.1, 0.15) is 11.6 Å². The highest BCUT2D eigenvalue weighted by Gasteiger charge is 2.33. The van der Waals surface area contributed by atoms with Gasteiger partial charge in [0.15, 0.2) is 0 Å². The molecule has 14 rings (SSSR count). The first-order chi connectivity index (χ1) is 35.2. The number of aromatic nitrogens is 3. The summed E-state index contributed by atoms with van der Waals surface area (Å²) in [5, 5.41) is 19.2. The molecule has 330 valence electrons. The number of fused-ring (bicyclic) bond motifs is 9. The van der Waals surface area contributed by atoms with Crippen molar-refractivity contribution in [2.75, 3.05) is 0 Å². The van der Waals surface area contributed by atoms with Crippen LogP contribution in [-0.4, -0.2) is 13.7 Å². The summed E-state index contributed by atoms with van der Waals surface area (Å²) in [4.78, 5) is 0. The first-order valence-corrected chi connectivity index (χ1v) is 24.2. The van der Waals surface area contributed by atoms with Crippen molar-refractivity contribution in [2.45, 2.75) is 0 Å². The lowest BCUT2D eigenvalue weighted by Gasteiger charge is -2.28. The van der Waals surface area contributed by atoms with Crippen LogP contribution in [0.25, 0.3) is 127 Å². The van der Waals surface area contributed by atoms with E-state index in [0.29, 0.717) is 5.56 Å². The van der Waals surface area contributed by atoms with Crippen molar-refractivity contribution in [1.82, 2.24) is 13.7 Å². The Morgan fingerprint density at radius 3 is 0.859 bits per heavy atom. The quantitative estimate of drug-likeness (QED) is 0.157. The Morgan fingerprint density at radius 2 is 0.521 bits per heavy atom. The fourth-order valence-electron chi connectivity index (χ4n) is 11.5. The molecule has 4 nitrogen and oxygen atoms in total. The molecular formula is C67H42N4. The molecular weight excluding hydrogens is 861 g/mol. The van der Waals surface area contributed by atoms with Crippen LogP contribution in [0.4, 0.5) is 0 Å². The van der Waals surface area contributed by atoms with E-state index in [1.54, 1.807) is 0 Å². The zero-order valence-electron chi connectivity index (χ0n) is 38.5. The van der Waals surface area contributed by atoms with Crippen LogP contribution in [0.3, 0.4) is 0 Å². The third-order valence-corrected chi connectivity index (χ3v) is 14.5. The maximum absolute atomic E-state index is 12.4. The Kier molecular flexibility index (Phi) is 9.23. The first kappa shape index (κ1) is 40.4. The van der Waals surface area contributed by atoms with E-state index in [2.05, 4.69) is 275 Å². The third kappa shape index (κ3) is 6.17. The zero-order chi connectivity index (χ0) is 47.0. The number of hydrogen-bond donors (Lipinski definition) is 0. The molecule has 11 aromatic carbocycles. The zero-order valence-corrected chi connectivity index (χ0v) is 38.5. The predicted octanol–water partition coefficient (Wildman–Crippen LogP) is 17.5. The topological polar surface area (TPSA) is 38.6 Å². The van der Waals surface area contributed by atoms with E-state index in [4.69, 9.17) is 0 Å². The maximum Gasteiger partial charge on any atom is 0.104 e. The second-order valence-electron chi connectivity index (χ2n) is 18.3. The Bertz CT molecular complexity index is 4060. The van der Waals surface area contributed by atoms with Gasteiger partial charge >= 0.3 is 0 Å². The SMILES string of the molecule is N#Cc1c(-n2c3ccccc3c3ccccc32)c(-c2ccccc2)c(-n2c3ccc(-c4ccccc4)cc3c3cc(-c4ccccc4)ccc32)c(-c2ccccc2)c1-n1c2ccccc2c2ccccc21. The lowest BCUT2D eigenvalue weighted by Crippen LogP contribution is -2.13. The van der Waals surface area contributed by atoms with E-state index < -0.39 is 0 Å². The Balaban J connectivity index is 1.28. The van der Waals surface area contributed by atoms with Gasteiger partial charge in [-0.15, -0.1) is 0 Å². The van der Waals surface area contributed by atoms with Crippen LogP contribution in [0.5, 0.6) is 0 Å². The van der Waals surface area contributed by atoms with E-state index in [1.165, 1.54) is 0 Å². The minimum atomic E-state index is 0.572. The largest absolute Gasteiger partial charge is 0.308 e. The van der Waals surface area contributed by atoms with Crippen LogP contribution in [0, 0.1) is 11.3 Å². The second kappa shape index (κ2) is 16.2. The smallest absolute Gasteiger partial charge is 0.104 e. The number of nitriles is 1. The van der Waals surface area contributed by atoms with Crippen LogP contribution in [-0.2, 0) is 0 Å². The number of para-hydroxylation sites is 4. The average Bonchev–Trinajstić information content (AvgIpc) is 4.09. The lowest BCUT2D eigenvalue weighted by atomic mass is 9.88. The number of hydrogen-bond acceptors (Lipinski definition) is 1. The number of rotatable bonds is 7. The van der Waals surface area contributed by atoms with Gasteiger partial charge in [-0.3, -0.25) is 0 Å². The van der Waals surface area contributed by atoms with E-state index >= 15 is 0 Å². The molecule has 0 amide bonds. The molecule has 0 aliphatic carbocycles. The van der Waals surface area contributed by atoms with Crippen LogP contribution in [0.1, 0.15) is 5.56 Å². The van der Waals surface area contributed by atoms with Gasteiger partial charge in [-0.25, -0.2) is 0 Å². The molecule has 0 saturated heterocycles. The molecule has 4 heteroatoms. The van der Waals surface area contributed by atoms with Crippen molar-refractivity contribution in [2.24, 2.45) is 0 Å². The maximum atomic E-state index is 12.4. The van der Waals surface area contributed by atoms with Crippen molar-refractivity contribution in [3.63, 3.8) is 0 Å². The first-order valence-electron chi connectivity index (χ1n) is 24.2. The molecule has 14 aromatic rings. The van der Waals surface area contributed by atoms with E-state index in [1.807, 2.05) is 0 Å². The van der Waals surface area contributed by atoms with E-state index in [-0.39, 0.29) is 0 Å². The normalized spacial score (nSPS) is 11.6. The summed E-state index contributed by atoms with van der Waals surface area (Å²) in [6.45, 7) is 0. The summed E-state index contributed by atoms with van der Waals surface area (Å²) in [5.74, 6) is 0. The standard InChI is InChI=1S/C67H42N4/c68-43-56-65(69-57-33-17-13-29-50(57)51-30-14-18-34-58(51)69)63(46-25-9-3-10-26-46)67(64(47-27-11-4-12-28-47)66(56)70-59-35-19-15-31-52(59)53-32-16-20-36-60(53)70)71-61-39-37-48(44-21-5-1-6-22-44)41-54(61)55-42-49(38-40-62(55)71)45-23-7-2-8-24-45/h1-42H. The van der Waals surface area contributed by atoms with Crippen molar-refractivity contribution in [1.29, 1.82) is 5.26 Å². The molecule has 0 saturated carbocycles. The number of benzene rings is 11. The van der Waals surface area contributed by atoms with Crippen LogP contribution in [0.15, 0.2) is 255 Å². The van der Waals surface area contributed by atoms with Crippen LogP contribution >= 0.6 is 0 Å². The van der Waals surface area contributed by atoms with Crippen molar-refractivity contribution in [3.05, 3.63) is 260 Å². The van der Waals surface area contributed by atoms with Gasteiger partial charge in [-0.05, 0) is 81.9 Å². The molecule has 0 radical (unpaired) electrons. The van der Waals surface area contributed by atoms with Crippen molar-refractivity contribution >= 4 is 65.4 Å². The molecule has 3 aromatic heterocycles. The van der Waals surface area contributed by atoms with Crippen LogP contribution in [0.2, 0.25) is 0 Å².